The number of aromatic nitrogens is 1. The van der Waals surface area contributed by atoms with E-state index in [0.29, 0.717) is 34.0 Å². The lowest BCUT2D eigenvalue weighted by molar-refractivity contribution is -0.136. The van der Waals surface area contributed by atoms with Gasteiger partial charge in [-0.05, 0) is 155 Å². The highest BCUT2D eigenvalue weighted by atomic mass is 16.2. The Balaban J connectivity index is 1.54. The molecule has 0 aliphatic heterocycles. The van der Waals surface area contributed by atoms with Crippen molar-refractivity contribution in [3.63, 3.8) is 0 Å². The Kier molecular flexibility index (Phi) is 51.6. The van der Waals surface area contributed by atoms with Crippen LogP contribution in [-0.4, -0.2) is 283 Å². The number of hydrogen-bond donors (Lipinski definition) is 37. The number of nitrogens with one attached hydrogen (secondary N) is 29. The van der Waals surface area contributed by atoms with Crippen LogP contribution in [0.2, 0.25) is 0 Å². The predicted molar refractivity (Wildman–Crippen MR) is 531 cm³/mol. The fourth-order valence-electron chi connectivity index (χ4n) is 13.9. The third-order valence-corrected chi connectivity index (χ3v) is 22.0. The van der Waals surface area contributed by atoms with E-state index in [9.17, 15) is 81.5 Å². The Hall–Kier alpha value is -16.2. The van der Waals surface area contributed by atoms with Crippen LogP contribution in [0.15, 0.2) is 91.1 Å². The second-order valence-electron chi connectivity index (χ2n) is 34.2. The highest BCUT2D eigenvalue weighted by Gasteiger charge is 2.38. The number of H-pyrrole nitrogens is 1. The van der Waals surface area contributed by atoms with Crippen molar-refractivity contribution >= 4 is 147 Å². The van der Waals surface area contributed by atoms with E-state index in [1.165, 1.54) is 55.4 Å². The maximum atomic E-state index is 14.9. The standard InChI is InChI=1S/C89H143N37O17/c1-45(67(91)127)111-68(128)46(2)116-81(141)64(41-53-23-11-9-12-24-53)124-73(133)51(7)113-71(131)49(5)118-83(143)66(43-55-44-110-58-29-16-15-27-56(55)58)126-74(134)52(8)114-70(130)48(4)117-82(142)65(42-54-25-13-10-14-26-54)125-72(132)50(6)112-69(129)47(3)115-76(136)59(30-18-36-105-85(94)95)120-78(138)61(32-20-38-107-87(98)99)122-80(140)63(34-22-40-109-89(102)103)123-79(139)62(33-21-39-108-88(100)101)121-77(137)60(31-19-37-106-86(96)97)119-75(135)57(90)28-17-35-104-84(92)93/h9-16,23-27,29,44-52,57,59-66,110H,17-22,28,30-43,90H2,1-8H3,(H2,91,127)(H,111,128)(H,112,129)(H,113,131)(H,114,130)(H,115,136)(H,116,141)(H,117,142)(H,118,143)(H,119,135)(H,120,138)(H,121,137)(H,122,140)(H,123,139)(H,124,133)(H,125,132)(H,126,134)(H4,92,93,104)(H4,94,95,105)(H4,96,97,106)(H4,98,99,107)(H4,100,101,108)(H4,102,103,109)/t45-,46-,47-,48-,49-,50-,51-,52-,57-,59-,60-,61-,62-,63-,64-,65-,66-/m0/s1. The normalized spacial score (nSPS) is 14.4. The van der Waals surface area contributed by atoms with E-state index in [1.54, 1.807) is 91.1 Å². The molecule has 0 saturated heterocycles. The molecular formula is C89H143N37O17. The van der Waals surface area contributed by atoms with Crippen LogP contribution < -0.4 is 163 Å². The van der Waals surface area contributed by atoms with Crippen LogP contribution >= 0.6 is 0 Å². The maximum absolute atomic E-state index is 14.9. The zero-order chi connectivity index (χ0) is 107. The molecular weight excluding hydrogens is 1860 g/mol. The van der Waals surface area contributed by atoms with Crippen molar-refractivity contribution in [2.45, 2.75) is 254 Å². The summed E-state index contributed by atoms with van der Waals surface area (Å²) in [5.74, 6) is -17.6. The first kappa shape index (κ1) is 119. The van der Waals surface area contributed by atoms with Crippen LogP contribution in [0.5, 0.6) is 0 Å². The van der Waals surface area contributed by atoms with E-state index >= 15 is 0 Å². The molecule has 0 aliphatic rings. The number of carbonyl (C=O) groups is 17. The highest BCUT2D eigenvalue weighted by Crippen LogP contribution is 2.20. The van der Waals surface area contributed by atoms with Crippen LogP contribution in [-0.2, 0) is 101 Å². The Morgan fingerprint density at radius 1 is 0.252 bits per heavy atom. The summed E-state index contributed by atoms with van der Waals surface area (Å²) in [6.45, 7) is 10.6. The molecule has 17 amide bonds. The van der Waals surface area contributed by atoms with Gasteiger partial charge >= 0.3 is 0 Å². The topological polar surface area (TPSA) is 922 Å². The van der Waals surface area contributed by atoms with Crippen molar-refractivity contribution in [1.82, 2.24) is 122 Å². The molecule has 0 spiro atoms. The van der Waals surface area contributed by atoms with Crippen molar-refractivity contribution in [2.75, 3.05) is 39.3 Å². The van der Waals surface area contributed by atoms with Gasteiger partial charge in [0.1, 0.15) is 96.7 Å². The monoisotopic (exact) mass is 2000 g/mol. The van der Waals surface area contributed by atoms with E-state index in [-0.39, 0.29) is 141 Å². The third-order valence-electron chi connectivity index (χ3n) is 22.0. The summed E-state index contributed by atoms with van der Waals surface area (Å²) in [5, 5.41) is 103. The lowest BCUT2D eigenvalue weighted by Gasteiger charge is -2.28. The SMILES string of the molecule is C[C@H](NC(=O)[C@H](C)NC(=O)[C@H](Cc1ccccc1)NC(=O)[C@H](C)NC(=O)[C@H](C)NC(=O)[C@H](Cc1c[nH]c2ccccc12)NC(=O)[C@H](C)NC(=O)[C@H](C)NC(=O)[C@H](Cc1ccccc1)NC(=O)[C@H](C)NC(=O)[C@H](C)NC(=O)[C@H](CCCNC(=N)N)NC(=O)[C@H](CCCNC(=N)N)NC(=O)[C@H](CCCNC(=N)N)NC(=O)[C@H](CCCNC(=N)N)NC(=O)[C@H](CCCNC(=N)N)NC(=O)[C@@H](N)CCCNC(=N)N)C(N)=O. The second kappa shape index (κ2) is 62.0. The van der Waals surface area contributed by atoms with E-state index in [1.807, 2.05) is 0 Å². The summed E-state index contributed by atoms with van der Waals surface area (Å²) in [4.78, 5) is 241. The Morgan fingerprint density at radius 3 is 0.734 bits per heavy atom. The van der Waals surface area contributed by atoms with Gasteiger partial charge in [0.15, 0.2) is 35.8 Å². The van der Waals surface area contributed by atoms with Crippen LogP contribution in [0.1, 0.15) is 149 Å². The van der Waals surface area contributed by atoms with Gasteiger partial charge in [0, 0.05) is 75.6 Å². The fraction of sp³-hybridized carbons (Fsp3) is 0.517. The highest BCUT2D eigenvalue weighted by molar-refractivity contribution is 6.02. The summed E-state index contributed by atoms with van der Waals surface area (Å²) in [6.07, 6.45) is 0.861. The van der Waals surface area contributed by atoms with Gasteiger partial charge in [-0.25, -0.2) is 0 Å². The second-order valence-corrected chi connectivity index (χ2v) is 34.2. The summed E-state index contributed by atoms with van der Waals surface area (Å²) >= 11 is 0. The number of para-hydroxylation sites is 1. The number of nitrogens with two attached hydrogens (primary N) is 8. The molecule has 0 radical (unpaired) electrons. The Morgan fingerprint density at radius 2 is 0.462 bits per heavy atom. The van der Waals surface area contributed by atoms with Crippen LogP contribution in [0.3, 0.4) is 0 Å². The molecule has 0 aliphatic carbocycles. The number of primary amides is 1. The number of rotatable bonds is 63. The molecule has 0 unspecified atom stereocenters. The minimum atomic E-state index is -1.58. The number of carbonyl (C=O) groups excluding carboxylic acids is 17. The van der Waals surface area contributed by atoms with Crippen molar-refractivity contribution in [1.29, 1.82) is 32.5 Å². The molecule has 4 aromatic rings. The number of amides is 17. The number of guanidine groups is 6. The third kappa shape index (κ3) is 45.5. The molecule has 1 aromatic heterocycles. The van der Waals surface area contributed by atoms with Crippen molar-refractivity contribution in [2.24, 2.45) is 45.9 Å². The van der Waals surface area contributed by atoms with Crippen molar-refractivity contribution < 1.29 is 81.5 Å². The molecule has 17 atom stereocenters. The summed E-state index contributed by atoms with van der Waals surface area (Å²) in [7, 11) is 0. The van der Waals surface area contributed by atoms with E-state index < -0.39 is 227 Å². The predicted octanol–water partition coefficient (Wildman–Crippen LogP) is -9.50. The lowest BCUT2D eigenvalue weighted by atomic mass is 10.0. The first-order chi connectivity index (χ1) is 67.5. The van der Waals surface area contributed by atoms with Crippen molar-refractivity contribution in [3.8, 4) is 0 Å². The fourth-order valence-corrected chi connectivity index (χ4v) is 13.9. The number of aromatic amines is 1. The molecule has 786 valence electrons. The molecule has 4 rings (SSSR count). The van der Waals surface area contributed by atoms with Gasteiger partial charge in [-0.2, -0.15) is 0 Å². The molecule has 54 nitrogen and oxygen atoms in total. The summed E-state index contributed by atoms with van der Waals surface area (Å²) in [6, 6.07) is 0.137. The summed E-state index contributed by atoms with van der Waals surface area (Å²) < 4.78 is 0. The summed E-state index contributed by atoms with van der Waals surface area (Å²) in [5.41, 5.74) is 46.9. The van der Waals surface area contributed by atoms with Gasteiger partial charge in [0.25, 0.3) is 0 Å². The van der Waals surface area contributed by atoms with Gasteiger partial charge < -0.3 is 168 Å². The molecule has 0 saturated carbocycles. The molecule has 143 heavy (non-hydrogen) atoms. The van der Waals surface area contributed by atoms with Crippen LogP contribution in [0, 0.1) is 32.5 Å². The molecule has 45 N–H and O–H groups in total. The lowest BCUT2D eigenvalue weighted by Crippen LogP contribution is -2.60. The average molecular weight is 2000 g/mol. The minimum Gasteiger partial charge on any atom is -0.370 e. The molecule has 0 bridgehead atoms. The first-order valence-electron chi connectivity index (χ1n) is 46.6. The number of fused-ring (bicyclic) bond motifs is 1. The van der Waals surface area contributed by atoms with Gasteiger partial charge in [-0.3, -0.25) is 114 Å². The maximum Gasteiger partial charge on any atom is 0.243 e. The van der Waals surface area contributed by atoms with Crippen molar-refractivity contribution in [3.05, 3.63) is 108 Å². The molecule has 0 fully saturated rings. The first-order valence-corrected chi connectivity index (χ1v) is 46.6. The van der Waals surface area contributed by atoms with Gasteiger partial charge in [0.05, 0.1) is 6.04 Å². The van der Waals surface area contributed by atoms with Gasteiger partial charge in [-0.1, -0.05) is 78.9 Å². The van der Waals surface area contributed by atoms with E-state index in [4.69, 9.17) is 78.3 Å². The molecule has 54 heteroatoms. The Bertz CT molecular complexity index is 5050. The smallest absolute Gasteiger partial charge is 0.243 e. The molecule has 3 aromatic carbocycles. The zero-order valence-electron chi connectivity index (χ0n) is 81.4. The van der Waals surface area contributed by atoms with Gasteiger partial charge in [-0.15, -0.1) is 0 Å². The van der Waals surface area contributed by atoms with E-state index in [2.05, 4.69) is 122 Å². The minimum absolute atomic E-state index is 0.00983. The molecule has 1 heterocycles. The largest absolute Gasteiger partial charge is 0.370 e. The number of hydrogen-bond acceptors (Lipinski definition) is 24. The van der Waals surface area contributed by atoms with Gasteiger partial charge in [0.2, 0.25) is 100 Å². The van der Waals surface area contributed by atoms with Crippen LogP contribution in [0.4, 0.5) is 0 Å². The van der Waals surface area contributed by atoms with Crippen LogP contribution in [0.25, 0.3) is 10.9 Å². The Labute approximate surface area is 826 Å². The van der Waals surface area contributed by atoms with E-state index in [0.717, 1.165) is 0 Å². The quantitative estimate of drug-likeness (QED) is 0.0111. The zero-order valence-corrected chi connectivity index (χ0v) is 81.4. The number of benzene rings is 3. The average Bonchev–Trinajstić information content (AvgIpc) is 1.71.